The fraction of sp³-hybridized carbons (Fsp3) is 0.273. The molecule has 1 fully saturated rings. The van der Waals surface area contributed by atoms with E-state index in [1.807, 2.05) is 0 Å². The highest BCUT2D eigenvalue weighted by atomic mass is 31.1. The lowest BCUT2D eigenvalue weighted by Gasteiger charge is -2.71. The van der Waals surface area contributed by atoms with Gasteiger partial charge in [0.25, 0.3) is 11.1 Å². The molecular weight excluding hydrogens is 455 g/mol. The Hall–Kier alpha value is -2.77. The maximum atomic E-state index is 2.52. The highest BCUT2D eigenvalue weighted by molar-refractivity contribution is 7.68. The lowest BCUT2D eigenvalue weighted by atomic mass is 9.85. The summed E-state index contributed by atoms with van der Waals surface area (Å²) in [4.78, 5) is 0. The Bertz CT molecular complexity index is 1540. The molecule has 1 saturated heterocycles. The lowest BCUT2D eigenvalue weighted by molar-refractivity contribution is -0.157. The maximum absolute atomic E-state index is 2.52. The van der Waals surface area contributed by atoms with Gasteiger partial charge in [0.1, 0.15) is 0 Å². The standard InChI is InChI=1S/C33H31N2P/c1-23(2)22-36-31-18-10-9-17-30(31)35-28-15-7-4-12-25(28)20-32(35)19-24-11-3-6-14-27(24)34(32)29-16-8-5-13-26(29)21-33(34,35)36/h3-18,23H,19-22H2,1-2H3/q+2. The zero-order valence-electron chi connectivity index (χ0n) is 21.0. The van der Waals surface area contributed by atoms with Crippen LogP contribution in [0, 0.1) is 5.92 Å². The van der Waals surface area contributed by atoms with Crippen LogP contribution in [0.15, 0.2) is 97.1 Å². The van der Waals surface area contributed by atoms with E-state index in [2.05, 4.69) is 111 Å². The maximum Gasteiger partial charge on any atom is 0.277 e. The molecule has 4 aromatic carbocycles. The van der Waals surface area contributed by atoms with Crippen LogP contribution in [0.3, 0.4) is 0 Å². The Kier molecular flexibility index (Phi) is 3.49. The number of hydrogen-bond acceptors (Lipinski definition) is 0. The quantitative estimate of drug-likeness (QED) is 0.204. The molecule has 3 heteroatoms. The van der Waals surface area contributed by atoms with Crippen LogP contribution in [0.1, 0.15) is 30.5 Å². The molecule has 5 aliphatic rings. The summed E-state index contributed by atoms with van der Waals surface area (Å²) in [7, 11) is -0.413. The van der Waals surface area contributed by atoms with Gasteiger partial charge in [0.05, 0.1) is 32.5 Å². The van der Waals surface area contributed by atoms with E-state index in [0.717, 1.165) is 21.8 Å². The van der Waals surface area contributed by atoms with Crippen molar-refractivity contribution in [1.82, 2.24) is 8.97 Å². The van der Waals surface area contributed by atoms with Gasteiger partial charge >= 0.3 is 0 Å². The highest BCUT2D eigenvalue weighted by Gasteiger charge is 3.03. The normalized spacial score (nSPS) is 35.1. The number of rotatable bonds is 2. The van der Waals surface area contributed by atoms with Crippen molar-refractivity contribution < 1.29 is 0 Å². The minimum atomic E-state index is -0.413. The Balaban J connectivity index is 1.52. The third-order valence-electron chi connectivity index (χ3n) is 10.3. The average molecular weight is 487 g/mol. The van der Waals surface area contributed by atoms with Crippen molar-refractivity contribution in [2.75, 3.05) is 6.16 Å². The monoisotopic (exact) mass is 486 g/mol. The van der Waals surface area contributed by atoms with Gasteiger partial charge in [-0.1, -0.05) is 80.6 Å². The second-order valence-electron chi connectivity index (χ2n) is 12.0. The molecule has 5 unspecified atom stereocenters. The van der Waals surface area contributed by atoms with Crippen LogP contribution in [0.4, 0.5) is 22.7 Å². The molecule has 2 nitrogen and oxygen atoms in total. The third kappa shape index (κ3) is 1.68. The predicted molar refractivity (Wildman–Crippen MR) is 152 cm³/mol. The van der Waals surface area contributed by atoms with Crippen molar-refractivity contribution in [1.29, 1.82) is 0 Å². The molecule has 0 radical (unpaired) electrons. The van der Waals surface area contributed by atoms with E-state index < -0.39 is 7.92 Å². The van der Waals surface area contributed by atoms with E-state index >= 15 is 0 Å². The number of para-hydroxylation sites is 4. The molecule has 176 valence electrons. The molecule has 5 heterocycles. The van der Waals surface area contributed by atoms with Crippen LogP contribution >= 0.6 is 7.92 Å². The van der Waals surface area contributed by atoms with E-state index in [4.69, 9.17) is 0 Å². The average Bonchev–Trinajstić information content (AvgIpc) is 3.50. The van der Waals surface area contributed by atoms with Gasteiger partial charge in [-0.15, -0.1) is 4.48 Å². The van der Waals surface area contributed by atoms with Crippen LogP contribution < -0.4 is 14.3 Å². The van der Waals surface area contributed by atoms with Crippen molar-refractivity contribution >= 4 is 36.0 Å². The largest absolute Gasteiger partial charge is 0.277 e. The van der Waals surface area contributed by atoms with Crippen LogP contribution in [0.2, 0.25) is 0 Å². The zero-order chi connectivity index (χ0) is 23.9. The molecule has 0 aliphatic carbocycles. The molecule has 0 bridgehead atoms. The second kappa shape index (κ2) is 6.20. The minimum Gasteiger partial charge on any atom is -0.150 e. The highest BCUT2D eigenvalue weighted by Crippen LogP contribution is 2.89. The Morgan fingerprint density at radius 3 is 1.61 bits per heavy atom. The summed E-state index contributed by atoms with van der Waals surface area (Å²) in [6.45, 7) is 4.89. The second-order valence-corrected chi connectivity index (χ2v) is 14.4. The molecule has 5 aliphatic heterocycles. The van der Waals surface area contributed by atoms with E-state index in [-0.39, 0.29) is 11.1 Å². The Morgan fingerprint density at radius 1 is 0.611 bits per heavy atom. The van der Waals surface area contributed by atoms with Gasteiger partial charge in [-0.25, -0.2) is 0 Å². The van der Waals surface area contributed by atoms with Crippen molar-refractivity contribution in [3.05, 3.63) is 114 Å². The summed E-state index contributed by atoms with van der Waals surface area (Å²) in [5.41, 5.74) is 11.2. The van der Waals surface area contributed by atoms with Crippen LogP contribution in [-0.2, 0) is 19.3 Å². The fourth-order valence-corrected chi connectivity index (χ4v) is 14.1. The first-order chi connectivity index (χ1) is 17.6. The predicted octanol–water partition coefficient (Wildman–Crippen LogP) is 7.47. The van der Waals surface area contributed by atoms with Gasteiger partial charge in [-0.2, -0.15) is 4.48 Å². The van der Waals surface area contributed by atoms with E-state index in [1.54, 1.807) is 44.7 Å². The number of benzene rings is 4. The van der Waals surface area contributed by atoms with Gasteiger partial charge in [-0.3, -0.25) is 0 Å². The van der Waals surface area contributed by atoms with Crippen molar-refractivity contribution in [2.45, 2.75) is 44.2 Å². The van der Waals surface area contributed by atoms with E-state index in [9.17, 15) is 0 Å². The molecule has 4 spiro atoms. The number of hydrogen-bond donors (Lipinski definition) is 0. The summed E-state index contributed by atoms with van der Waals surface area (Å²) in [6, 6.07) is 38.2. The molecule has 36 heavy (non-hydrogen) atoms. The zero-order valence-corrected chi connectivity index (χ0v) is 21.9. The SMILES string of the molecule is CC(C)CP1c2ccccc2[N+]23c4ccccc4CC24Cc2ccccc2[N+]42c4ccccc4CC123. The van der Waals surface area contributed by atoms with E-state index in [0.29, 0.717) is 5.92 Å². The smallest absolute Gasteiger partial charge is 0.150 e. The number of quaternary nitrogens is 2. The van der Waals surface area contributed by atoms with Crippen LogP contribution in [-0.4, -0.2) is 17.2 Å². The fourth-order valence-electron chi connectivity index (χ4n) is 9.84. The first-order valence-electron chi connectivity index (χ1n) is 13.5. The van der Waals surface area contributed by atoms with Gasteiger partial charge in [-0.05, 0) is 18.1 Å². The van der Waals surface area contributed by atoms with Crippen molar-refractivity contribution in [2.24, 2.45) is 5.92 Å². The molecule has 0 N–H and O–H groups in total. The molecule has 5 atom stereocenters. The molecular formula is C33H31N2P+2. The van der Waals surface area contributed by atoms with Crippen LogP contribution in [0.25, 0.3) is 0 Å². The Morgan fingerprint density at radius 2 is 1.06 bits per heavy atom. The summed E-state index contributed by atoms with van der Waals surface area (Å²) in [5, 5.41) is 1.76. The van der Waals surface area contributed by atoms with Crippen molar-refractivity contribution in [3.8, 4) is 0 Å². The van der Waals surface area contributed by atoms with Gasteiger partial charge in [0.15, 0.2) is 22.7 Å². The first-order valence-corrected chi connectivity index (χ1v) is 15.1. The molecule has 0 saturated carbocycles. The molecule has 9 rings (SSSR count). The topological polar surface area (TPSA) is 0 Å². The van der Waals surface area contributed by atoms with Crippen molar-refractivity contribution in [3.63, 3.8) is 0 Å². The summed E-state index contributed by atoms with van der Waals surface area (Å²) >= 11 is 0. The van der Waals surface area contributed by atoms with Crippen LogP contribution in [0.5, 0.6) is 0 Å². The minimum absolute atomic E-state index is 0.0597. The summed E-state index contributed by atoms with van der Waals surface area (Å²) < 4.78 is 2.16. The molecule has 0 amide bonds. The van der Waals surface area contributed by atoms with E-state index in [1.165, 1.54) is 12.6 Å². The molecule has 4 aromatic rings. The third-order valence-corrected chi connectivity index (χ3v) is 13.9. The summed E-state index contributed by atoms with van der Waals surface area (Å²) in [5.74, 6) is 0.672. The van der Waals surface area contributed by atoms with Gasteiger partial charge in [0, 0.05) is 41.0 Å². The first kappa shape index (κ1) is 20.3. The molecule has 0 aromatic heterocycles. The van der Waals surface area contributed by atoms with Gasteiger partial charge < -0.3 is 0 Å². The van der Waals surface area contributed by atoms with Gasteiger partial charge in [0.2, 0.25) is 0 Å². The number of fused-ring (bicyclic) bond motifs is 4. The summed E-state index contributed by atoms with van der Waals surface area (Å²) in [6.07, 6.45) is 4.75. The lowest BCUT2D eigenvalue weighted by Crippen LogP contribution is -2.99. The Labute approximate surface area is 214 Å². The number of nitrogens with zero attached hydrogens (tertiary/aromatic N) is 2.